The van der Waals surface area contributed by atoms with Crippen molar-refractivity contribution in [3.63, 3.8) is 0 Å². The topological polar surface area (TPSA) is 37.3 Å². The Balaban J connectivity index is 3.82. The Morgan fingerprint density at radius 3 is 2.27 bits per heavy atom. The van der Waals surface area contributed by atoms with Gasteiger partial charge in [0.2, 0.25) is 0 Å². The quantitative estimate of drug-likeness (QED) is 0.473. The molecule has 0 spiro atoms. The Hall–Kier alpha value is 0.170. The molecule has 4 heteroatoms. The maximum absolute atomic E-state index is 10.2. The molecule has 0 aliphatic heterocycles. The van der Waals surface area contributed by atoms with Gasteiger partial charge in [0.25, 0.3) is 0 Å². The molecular weight excluding hydrogens is 180 g/mol. The molecule has 0 aromatic rings. The third kappa shape index (κ3) is 4.58. The summed E-state index contributed by atoms with van der Waals surface area (Å²) in [4.78, 5) is 10.2. The second kappa shape index (κ2) is 4.26. The zero-order chi connectivity index (χ0) is 9.07. The van der Waals surface area contributed by atoms with Crippen LogP contribution in [0.2, 0.25) is 0 Å². The van der Waals surface area contributed by atoms with Gasteiger partial charge in [-0.25, -0.2) is 0 Å². The van der Waals surface area contributed by atoms with Crippen molar-refractivity contribution in [2.75, 3.05) is 0 Å². The van der Waals surface area contributed by atoms with Crippen molar-refractivity contribution in [1.82, 2.24) is 0 Å². The fourth-order valence-electron chi connectivity index (χ4n) is 0.558. The van der Waals surface area contributed by atoms with Gasteiger partial charge in [-0.3, -0.25) is 4.79 Å². The van der Waals surface area contributed by atoms with Crippen molar-refractivity contribution < 1.29 is 9.90 Å². The third-order valence-corrected chi connectivity index (χ3v) is 3.08. The average Bonchev–Trinajstić information content (AvgIpc) is 1.84. The van der Waals surface area contributed by atoms with Gasteiger partial charge in [0.05, 0.1) is 0 Å². The van der Waals surface area contributed by atoms with E-state index in [2.05, 4.69) is 25.3 Å². The summed E-state index contributed by atoms with van der Waals surface area (Å²) in [5.74, 6) is -0.764. The maximum atomic E-state index is 10.2. The number of hydrogen-bond acceptors (Lipinski definition) is 3. The van der Waals surface area contributed by atoms with Gasteiger partial charge < -0.3 is 5.11 Å². The van der Waals surface area contributed by atoms with E-state index >= 15 is 0 Å². The van der Waals surface area contributed by atoms with Crippen LogP contribution in [0.25, 0.3) is 0 Å². The van der Waals surface area contributed by atoms with Crippen molar-refractivity contribution in [2.45, 2.75) is 31.3 Å². The number of carboxylic acid groups (broad SMARTS) is 1. The average molecular weight is 194 g/mol. The van der Waals surface area contributed by atoms with E-state index in [1.807, 2.05) is 13.8 Å². The van der Waals surface area contributed by atoms with E-state index in [0.717, 1.165) is 0 Å². The summed E-state index contributed by atoms with van der Waals surface area (Å²) in [6, 6.07) is 0. The zero-order valence-corrected chi connectivity index (χ0v) is 8.53. The van der Waals surface area contributed by atoms with Crippen LogP contribution in [-0.2, 0) is 4.79 Å². The monoisotopic (exact) mass is 194 g/mol. The molecule has 0 atom stereocenters. The van der Waals surface area contributed by atoms with E-state index in [4.69, 9.17) is 5.11 Å². The van der Waals surface area contributed by atoms with E-state index in [-0.39, 0.29) is 16.4 Å². The van der Waals surface area contributed by atoms with Gasteiger partial charge in [0.15, 0.2) is 0 Å². The molecule has 0 aromatic carbocycles. The van der Waals surface area contributed by atoms with Crippen LogP contribution in [0.5, 0.6) is 0 Å². The van der Waals surface area contributed by atoms with Crippen LogP contribution in [0.4, 0.5) is 0 Å². The van der Waals surface area contributed by atoms with Crippen molar-refractivity contribution in [2.24, 2.45) is 5.41 Å². The number of thiol groups is 2. The highest BCUT2D eigenvalue weighted by molar-refractivity contribution is 7.99. The number of aliphatic carboxylic acids is 1. The molecule has 0 radical (unpaired) electrons. The molecule has 11 heavy (non-hydrogen) atoms. The molecular formula is C7H14O2S2. The maximum Gasteiger partial charge on any atom is 0.303 e. The lowest BCUT2D eigenvalue weighted by atomic mass is 9.90. The Kier molecular flexibility index (Phi) is 4.32. The summed E-state index contributed by atoms with van der Waals surface area (Å²) in [5.41, 5.74) is -0.120. The lowest BCUT2D eigenvalue weighted by Gasteiger charge is -2.26. The van der Waals surface area contributed by atoms with E-state index in [0.29, 0.717) is 6.42 Å². The van der Waals surface area contributed by atoms with Crippen molar-refractivity contribution >= 4 is 31.2 Å². The van der Waals surface area contributed by atoms with Crippen molar-refractivity contribution in [3.05, 3.63) is 0 Å². The largest absolute Gasteiger partial charge is 0.481 e. The van der Waals surface area contributed by atoms with Crippen LogP contribution in [0, 0.1) is 5.41 Å². The molecule has 0 aliphatic carbocycles. The lowest BCUT2D eigenvalue weighted by Crippen LogP contribution is -2.21. The minimum absolute atomic E-state index is 0.0677. The van der Waals surface area contributed by atoms with Crippen LogP contribution in [0.1, 0.15) is 26.7 Å². The van der Waals surface area contributed by atoms with Crippen LogP contribution in [0.3, 0.4) is 0 Å². The van der Waals surface area contributed by atoms with Crippen LogP contribution in [-0.4, -0.2) is 15.7 Å². The number of carboxylic acids is 1. The first-order chi connectivity index (χ1) is 4.86. The first-order valence-corrected chi connectivity index (χ1v) is 4.47. The van der Waals surface area contributed by atoms with E-state index in [9.17, 15) is 4.79 Å². The molecule has 0 bridgehead atoms. The van der Waals surface area contributed by atoms with Gasteiger partial charge in [-0.1, -0.05) is 13.8 Å². The lowest BCUT2D eigenvalue weighted by molar-refractivity contribution is -0.137. The molecule has 0 saturated heterocycles. The van der Waals surface area contributed by atoms with E-state index in [1.165, 1.54) is 0 Å². The van der Waals surface area contributed by atoms with Crippen LogP contribution in [0.15, 0.2) is 0 Å². The molecule has 0 heterocycles. The minimum Gasteiger partial charge on any atom is -0.481 e. The zero-order valence-electron chi connectivity index (χ0n) is 6.74. The predicted molar refractivity (Wildman–Crippen MR) is 52.4 cm³/mol. The van der Waals surface area contributed by atoms with Crippen molar-refractivity contribution in [3.8, 4) is 0 Å². The summed E-state index contributed by atoms with van der Waals surface area (Å²) < 4.78 is -0.0677. The molecule has 0 aliphatic rings. The predicted octanol–water partition coefficient (Wildman–Crippen LogP) is 2.06. The molecule has 66 valence electrons. The normalized spacial score (nSPS) is 12.1. The molecule has 0 aromatic heterocycles. The van der Waals surface area contributed by atoms with Crippen LogP contribution < -0.4 is 0 Å². The summed E-state index contributed by atoms with van der Waals surface area (Å²) in [6.07, 6.45) is 0.796. The Labute approximate surface area is 78.2 Å². The first kappa shape index (κ1) is 11.2. The van der Waals surface area contributed by atoms with Crippen molar-refractivity contribution in [1.29, 1.82) is 0 Å². The summed E-state index contributed by atoms with van der Waals surface area (Å²) in [5, 5.41) is 8.41. The Bertz CT molecular complexity index is 143. The molecule has 0 unspecified atom stereocenters. The SMILES string of the molecule is CC(C)(CCC(=O)O)C(S)S. The van der Waals surface area contributed by atoms with Gasteiger partial charge in [-0.05, 0) is 11.8 Å². The van der Waals surface area contributed by atoms with E-state index in [1.54, 1.807) is 0 Å². The highest BCUT2D eigenvalue weighted by atomic mass is 32.2. The van der Waals surface area contributed by atoms with Gasteiger partial charge in [0, 0.05) is 11.0 Å². The summed E-state index contributed by atoms with van der Waals surface area (Å²) >= 11 is 8.30. The smallest absolute Gasteiger partial charge is 0.303 e. The molecule has 0 amide bonds. The summed E-state index contributed by atoms with van der Waals surface area (Å²) in [6.45, 7) is 3.92. The highest BCUT2D eigenvalue weighted by Gasteiger charge is 2.24. The third-order valence-electron chi connectivity index (χ3n) is 1.68. The number of hydrogen-bond donors (Lipinski definition) is 3. The fourth-order valence-corrected chi connectivity index (χ4v) is 0.816. The summed E-state index contributed by atoms with van der Waals surface area (Å²) in [7, 11) is 0. The van der Waals surface area contributed by atoms with Gasteiger partial charge >= 0.3 is 5.97 Å². The molecule has 0 rings (SSSR count). The van der Waals surface area contributed by atoms with Crippen LogP contribution >= 0.6 is 25.3 Å². The van der Waals surface area contributed by atoms with Gasteiger partial charge in [0.1, 0.15) is 0 Å². The van der Waals surface area contributed by atoms with E-state index < -0.39 is 5.97 Å². The molecule has 0 fully saturated rings. The number of carbonyl (C=O) groups is 1. The molecule has 0 saturated carbocycles. The molecule has 2 nitrogen and oxygen atoms in total. The standard InChI is InChI=1S/C7H14O2S2/c1-7(2,6(10)11)4-3-5(8)9/h6,10-11H,3-4H2,1-2H3,(H,8,9). The second-order valence-corrected chi connectivity index (χ2v) is 4.70. The first-order valence-electron chi connectivity index (χ1n) is 3.44. The van der Waals surface area contributed by atoms with Gasteiger partial charge in [-0.2, -0.15) is 25.3 Å². The minimum atomic E-state index is -0.764. The second-order valence-electron chi connectivity index (χ2n) is 3.26. The Morgan fingerprint density at radius 1 is 1.55 bits per heavy atom. The Morgan fingerprint density at radius 2 is 2.00 bits per heavy atom. The molecule has 1 N–H and O–H groups in total. The van der Waals surface area contributed by atoms with Gasteiger partial charge in [-0.15, -0.1) is 0 Å². The highest BCUT2D eigenvalue weighted by Crippen LogP contribution is 2.32. The fraction of sp³-hybridized carbons (Fsp3) is 0.857. The number of rotatable bonds is 4.